The van der Waals surface area contributed by atoms with Crippen LogP contribution in [0.1, 0.15) is 46.2 Å². The number of urea groups is 1. The van der Waals surface area contributed by atoms with Crippen molar-refractivity contribution >= 4 is 34.6 Å². The van der Waals surface area contributed by atoms with Crippen LogP contribution in [0, 0.1) is 5.82 Å². The standard InChI is InChI=1S/C22H22FN5O2S/c1-2-14-7-3-4-10-17(14)25-22(30)28-12-6-11-18(28)20-26-27-21(31-20)19(29)24-16-9-5-8-15(23)13-16/h3-5,7-10,13,18H,2,6,11-12H2,1H3,(H,24,29)(H,25,30)/t18-/m0/s1. The Morgan fingerprint density at radius 2 is 2.00 bits per heavy atom. The van der Waals surface area contributed by atoms with Crippen LogP contribution in [0.3, 0.4) is 0 Å². The molecular weight excluding hydrogens is 417 g/mol. The van der Waals surface area contributed by atoms with E-state index in [9.17, 15) is 14.0 Å². The molecule has 9 heteroatoms. The molecule has 160 valence electrons. The largest absolute Gasteiger partial charge is 0.322 e. The zero-order valence-electron chi connectivity index (χ0n) is 17.0. The Hall–Kier alpha value is -3.33. The number of nitrogens with zero attached hydrogens (tertiary/aromatic N) is 3. The summed E-state index contributed by atoms with van der Waals surface area (Å²) < 4.78 is 13.3. The highest BCUT2D eigenvalue weighted by Gasteiger charge is 2.33. The summed E-state index contributed by atoms with van der Waals surface area (Å²) in [6.07, 6.45) is 2.42. The van der Waals surface area contributed by atoms with Crippen LogP contribution in [-0.2, 0) is 6.42 Å². The fourth-order valence-corrected chi connectivity index (χ4v) is 4.50. The molecule has 1 saturated heterocycles. The van der Waals surface area contributed by atoms with Gasteiger partial charge in [0.15, 0.2) is 0 Å². The number of hydrogen-bond donors (Lipinski definition) is 2. The Kier molecular flexibility index (Phi) is 6.22. The van der Waals surface area contributed by atoms with Gasteiger partial charge in [-0.15, -0.1) is 10.2 Å². The fraction of sp³-hybridized carbons (Fsp3) is 0.273. The number of carbonyl (C=O) groups excluding carboxylic acids is 2. The normalized spacial score (nSPS) is 15.7. The molecule has 1 aliphatic heterocycles. The molecule has 3 amide bonds. The van der Waals surface area contributed by atoms with Crippen LogP contribution in [0.15, 0.2) is 48.5 Å². The van der Waals surface area contributed by atoms with Crippen molar-refractivity contribution in [3.63, 3.8) is 0 Å². The number of nitrogens with one attached hydrogen (secondary N) is 2. The van der Waals surface area contributed by atoms with Crippen molar-refractivity contribution in [3.05, 3.63) is 69.9 Å². The van der Waals surface area contributed by atoms with Gasteiger partial charge in [0.2, 0.25) is 5.01 Å². The Morgan fingerprint density at radius 1 is 1.16 bits per heavy atom. The second kappa shape index (κ2) is 9.22. The van der Waals surface area contributed by atoms with E-state index in [4.69, 9.17) is 0 Å². The predicted octanol–water partition coefficient (Wildman–Crippen LogP) is 4.86. The second-order valence-electron chi connectivity index (χ2n) is 7.20. The highest BCUT2D eigenvalue weighted by molar-refractivity contribution is 7.13. The van der Waals surface area contributed by atoms with Gasteiger partial charge in [0.1, 0.15) is 10.8 Å². The maximum Gasteiger partial charge on any atom is 0.322 e. The maximum atomic E-state index is 13.3. The Labute approximate surface area is 183 Å². The van der Waals surface area contributed by atoms with E-state index in [0.717, 1.165) is 41.9 Å². The van der Waals surface area contributed by atoms with Crippen molar-refractivity contribution in [2.45, 2.75) is 32.2 Å². The fourth-order valence-electron chi connectivity index (χ4n) is 3.62. The van der Waals surface area contributed by atoms with Gasteiger partial charge in [-0.3, -0.25) is 4.79 Å². The molecule has 0 bridgehead atoms. The molecule has 2 heterocycles. The molecule has 4 rings (SSSR count). The lowest BCUT2D eigenvalue weighted by Gasteiger charge is -2.23. The van der Waals surface area contributed by atoms with E-state index in [1.54, 1.807) is 11.0 Å². The molecule has 1 fully saturated rings. The number of benzene rings is 2. The third kappa shape index (κ3) is 4.72. The minimum atomic E-state index is -0.458. The zero-order chi connectivity index (χ0) is 21.8. The molecule has 0 aliphatic carbocycles. The summed E-state index contributed by atoms with van der Waals surface area (Å²) in [7, 11) is 0. The molecule has 3 aromatic rings. The lowest BCUT2D eigenvalue weighted by Crippen LogP contribution is -2.34. The van der Waals surface area contributed by atoms with E-state index in [-0.39, 0.29) is 17.1 Å². The van der Waals surface area contributed by atoms with Crippen LogP contribution in [0.2, 0.25) is 0 Å². The molecule has 0 unspecified atom stereocenters. The number of carbonyl (C=O) groups is 2. The summed E-state index contributed by atoms with van der Waals surface area (Å²) in [4.78, 5) is 27.1. The van der Waals surface area contributed by atoms with Crippen molar-refractivity contribution in [2.75, 3.05) is 17.2 Å². The van der Waals surface area contributed by atoms with E-state index in [1.165, 1.54) is 18.2 Å². The van der Waals surface area contributed by atoms with Crippen molar-refractivity contribution in [3.8, 4) is 0 Å². The van der Waals surface area contributed by atoms with E-state index >= 15 is 0 Å². The number of hydrogen-bond acceptors (Lipinski definition) is 5. The molecule has 0 radical (unpaired) electrons. The van der Waals surface area contributed by atoms with Gasteiger partial charge in [-0.1, -0.05) is 42.5 Å². The van der Waals surface area contributed by atoms with Crippen molar-refractivity contribution < 1.29 is 14.0 Å². The Bertz CT molecular complexity index is 1100. The molecule has 0 saturated carbocycles. The molecule has 0 spiro atoms. The van der Waals surface area contributed by atoms with Gasteiger partial charge in [-0.05, 0) is 49.1 Å². The first kappa shape index (κ1) is 20.9. The number of aromatic nitrogens is 2. The highest BCUT2D eigenvalue weighted by atomic mass is 32.1. The Balaban J connectivity index is 1.46. The van der Waals surface area contributed by atoms with Gasteiger partial charge < -0.3 is 15.5 Å². The summed E-state index contributed by atoms with van der Waals surface area (Å²) in [6.45, 7) is 2.65. The molecule has 1 atom stereocenters. The summed E-state index contributed by atoms with van der Waals surface area (Å²) in [5, 5.41) is 14.6. The number of rotatable bonds is 5. The quantitative estimate of drug-likeness (QED) is 0.594. The third-order valence-electron chi connectivity index (χ3n) is 5.16. The summed E-state index contributed by atoms with van der Waals surface area (Å²) in [5.41, 5.74) is 2.21. The van der Waals surface area contributed by atoms with Gasteiger partial charge in [-0.2, -0.15) is 0 Å². The minimum Gasteiger partial charge on any atom is -0.320 e. The van der Waals surface area contributed by atoms with Crippen molar-refractivity contribution in [1.82, 2.24) is 15.1 Å². The molecule has 31 heavy (non-hydrogen) atoms. The van der Waals surface area contributed by atoms with Crippen LogP contribution in [0.5, 0.6) is 0 Å². The van der Waals surface area contributed by atoms with Gasteiger partial charge in [-0.25, -0.2) is 9.18 Å². The summed E-state index contributed by atoms with van der Waals surface area (Å²) >= 11 is 1.15. The average Bonchev–Trinajstić information content (AvgIpc) is 3.44. The average molecular weight is 440 g/mol. The van der Waals surface area contributed by atoms with E-state index < -0.39 is 11.7 Å². The van der Waals surface area contributed by atoms with Crippen LogP contribution in [0.4, 0.5) is 20.6 Å². The number of anilines is 2. The van der Waals surface area contributed by atoms with Crippen LogP contribution in [-0.4, -0.2) is 33.6 Å². The number of likely N-dealkylation sites (tertiary alicyclic amines) is 1. The monoisotopic (exact) mass is 439 g/mol. The highest BCUT2D eigenvalue weighted by Crippen LogP contribution is 2.34. The minimum absolute atomic E-state index is 0.169. The number of amides is 3. The predicted molar refractivity (Wildman–Crippen MR) is 118 cm³/mol. The van der Waals surface area contributed by atoms with E-state index in [2.05, 4.69) is 20.8 Å². The number of aryl methyl sites for hydroxylation is 1. The lowest BCUT2D eigenvalue weighted by molar-refractivity contribution is 0.102. The lowest BCUT2D eigenvalue weighted by atomic mass is 10.1. The summed E-state index contributed by atoms with van der Waals surface area (Å²) in [5.74, 6) is -0.895. The summed E-state index contributed by atoms with van der Waals surface area (Å²) in [6, 6.07) is 12.9. The SMILES string of the molecule is CCc1ccccc1NC(=O)N1CCC[C@H]1c1nnc(C(=O)Nc2cccc(F)c2)s1. The number of halogens is 1. The topological polar surface area (TPSA) is 87.2 Å². The molecule has 1 aliphatic rings. The maximum absolute atomic E-state index is 13.3. The number of para-hydroxylation sites is 1. The second-order valence-corrected chi connectivity index (χ2v) is 8.21. The van der Waals surface area contributed by atoms with Gasteiger partial charge in [0, 0.05) is 17.9 Å². The van der Waals surface area contributed by atoms with E-state index in [0.29, 0.717) is 17.2 Å². The van der Waals surface area contributed by atoms with Crippen LogP contribution in [0.25, 0.3) is 0 Å². The van der Waals surface area contributed by atoms with Gasteiger partial charge >= 0.3 is 6.03 Å². The van der Waals surface area contributed by atoms with Crippen molar-refractivity contribution in [1.29, 1.82) is 0 Å². The molecule has 1 aromatic heterocycles. The molecular formula is C22H22FN5O2S. The first-order valence-electron chi connectivity index (χ1n) is 10.1. The zero-order valence-corrected chi connectivity index (χ0v) is 17.8. The van der Waals surface area contributed by atoms with Crippen LogP contribution < -0.4 is 10.6 Å². The first-order chi connectivity index (χ1) is 15.0. The molecule has 7 nitrogen and oxygen atoms in total. The third-order valence-corrected chi connectivity index (χ3v) is 6.18. The molecule has 2 N–H and O–H groups in total. The molecule has 2 aromatic carbocycles. The van der Waals surface area contributed by atoms with E-state index in [1.807, 2.05) is 31.2 Å². The Morgan fingerprint density at radius 3 is 2.81 bits per heavy atom. The smallest absolute Gasteiger partial charge is 0.320 e. The van der Waals surface area contributed by atoms with Gasteiger partial charge in [0.25, 0.3) is 5.91 Å². The van der Waals surface area contributed by atoms with Gasteiger partial charge in [0.05, 0.1) is 6.04 Å². The first-order valence-corrected chi connectivity index (χ1v) is 10.9. The van der Waals surface area contributed by atoms with Crippen molar-refractivity contribution in [2.24, 2.45) is 0 Å². The van der Waals surface area contributed by atoms with Crippen LogP contribution >= 0.6 is 11.3 Å².